The Morgan fingerprint density at radius 1 is 1.27 bits per heavy atom. The maximum Gasteiger partial charge on any atom is 0.341 e. The van der Waals surface area contributed by atoms with Gasteiger partial charge in [-0.25, -0.2) is 4.79 Å². The number of benzene rings is 1. The van der Waals surface area contributed by atoms with E-state index in [2.05, 4.69) is 10.2 Å². The lowest BCUT2D eigenvalue weighted by molar-refractivity contribution is -0.133. The number of methoxy groups -OCH3 is 2. The molecule has 6 nitrogen and oxygen atoms in total. The molecule has 1 aromatic heterocycles. The molecule has 0 unspecified atom stereocenters. The first-order valence-electron chi connectivity index (χ1n) is 6.60. The number of hydrogen-bond donors (Lipinski definition) is 0. The van der Waals surface area contributed by atoms with Crippen LogP contribution in [-0.4, -0.2) is 30.4 Å². The van der Waals surface area contributed by atoms with Crippen LogP contribution in [0.15, 0.2) is 30.5 Å². The van der Waals surface area contributed by atoms with Gasteiger partial charge in [0.05, 0.1) is 20.5 Å². The van der Waals surface area contributed by atoms with Crippen molar-refractivity contribution in [2.45, 2.75) is 13.3 Å². The van der Waals surface area contributed by atoms with Crippen molar-refractivity contribution in [1.82, 2.24) is 10.2 Å². The number of para-hydroxylation sites is 1. The molecule has 1 heterocycles. The van der Waals surface area contributed by atoms with E-state index >= 15 is 0 Å². The molecule has 0 saturated carbocycles. The normalized spacial score (nSPS) is 11.1. The second kappa shape index (κ2) is 7.56. The molecule has 0 saturated heterocycles. The Morgan fingerprint density at radius 3 is 2.68 bits per heavy atom. The molecule has 2 aromatic rings. The highest BCUT2D eigenvalue weighted by Gasteiger charge is 2.18. The number of aromatic nitrogens is 2. The van der Waals surface area contributed by atoms with E-state index in [-0.39, 0.29) is 5.57 Å². The van der Waals surface area contributed by atoms with E-state index in [0.717, 1.165) is 11.4 Å². The zero-order chi connectivity index (χ0) is 15.9. The van der Waals surface area contributed by atoms with Gasteiger partial charge in [-0.2, -0.15) is 0 Å². The van der Waals surface area contributed by atoms with Crippen molar-refractivity contribution in [3.8, 4) is 10.9 Å². The number of carbonyl (C=O) groups excluding carboxylic acids is 1. The van der Waals surface area contributed by atoms with Gasteiger partial charge in [-0.15, -0.1) is 5.10 Å². The molecule has 0 amide bonds. The molecule has 2 rings (SSSR count). The van der Waals surface area contributed by atoms with Crippen LogP contribution in [-0.2, 0) is 20.7 Å². The van der Waals surface area contributed by atoms with Crippen LogP contribution in [0.3, 0.4) is 0 Å². The van der Waals surface area contributed by atoms with E-state index in [1.54, 1.807) is 18.2 Å². The highest BCUT2D eigenvalue weighted by molar-refractivity contribution is 7.13. The lowest BCUT2D eigenvalue weighted by Crippen LogP contribution is -2.05. The van der Waals surface area contributed by atoms with Crippen LogP contribution < -0.4 is 4.74 Å². The number of carbonyl (C=O) groups is 1. The predicted octanol–water partition coefficient (Wildman–Crippen LogP) is 3.05. The third-order valence-corrected chi connectivity index (χ3v) is 3.71. The summed E-state index contributed by atoms with van der Waals surface area (Å²) in [5.41, 5.74) is 0.824. The largest absolute Gasteiger partial charge is 0.503 e. The van der Waals surface area contributed by atoms with Gasteiger partial charge in [0.25, 0.3) is 5.19 Å². The average Bonchev–Trinajstić information content (AvgIpc) is 3.00. The number of nitrogens with zero attached hydrogens (tertiary/aromatic N) is 2. The molecule has 0 radical (unpaired) electrons. The molecule has 0 aliphatic carbocycles. The SMILES string of the molecule is CCc1nnc(Oc2ccccc2/C(=C\OC)C(=O)OC)s1. The van der Waals surface area contributed by atoms with Crippen molar-refractivity contribution >= 4 is 22.9 Å². The van der Waals surface area contributed by atoms with Crippen LogP contribution >= 0.6 is 11.3 Å². The summed E-state index contributed by atoms with van der Waals surface area (Å²) < 4.78 is 15.5. The molecule has 0 aliphatic heterocycles. The standard InChI is InChI=1S/C15H16N2O4S/c1-4-13-16-17-15(22-13)21-12-8-6-5-7-10(12)11(9-19-2)14(18)20-3/h5-9H,4H2,1-3H3/b11-9+. The quantitative estimate of drug-likeness (QED) is 0.463. The summed E-state index contributed by atoms with van der Waals surface area (Å²) in [6.45, 7) is 1.99. The molecule has 1 aromatic carbocycles. The van der Waals surface area contributed by atoms with Gasteiger partial charge >= 0.3 is 5.97 Å². The number of aryl methyl sites for hydroxylation is 1. The zero-order valence-electron chi connectivity index (χ0n) is 12.5. The summed E-state index contributed by atoms with van der Waals surface area (Å²) in [6.07, 6.45) is 2.12. The fourth-order valence-electron chi connectivity index (χ4n) is 1.74. The Hall–Kier alpha value is -2.41. The number of ether oxygens (including phenoxy) is 3. The highest BCUT2D eigenvalue weighted by atomic mass is 32.1. The third kappa shape index (κ3) is 3.62. The minimum atomic E-state index is -0.510. The monoisotopic (exact) mass is 320 g/mol. The summed E-state index contributed by atoms with van der Waals surface area (Å²) in [4.78, 5) is 11.9. The number of hydrogen-bond acceptors (Lipinski definition) is 7. The van der Waals surface area contributed by atoms with Crippen LogP contribution in [0, 0.1) is 0 Å². The first-order valence-corrected chi connectivity index (χ1v) is 7.42. The molecule has 22 heavy (non-hydrogen) atoms. The van der Waals surface area contributed by atoms with Crippen LogP contribution in [0.1, 0.15) is 17.5 Å². The fourth-order valence-corrected chi connectivity index (χ4v) is 2.38. The van der Waals surface area contributed by atoms with Crippen molar-refractivity contribution in [3.05, 3.63) is 41.1 Å². The molecule has 0 aliphatic rings. The second-order valence-electron chi connectivity index (χ2n) is 4.17. The molecule has 7 heteroatoms. The molecule has 116 valence electrons. The average molecular weight is 320 g/mol. The van der Waals surface area contributed by atoms with Crippen molar-refractivity contribution in [2.75, 3.05) is 14.2 Å². The van der Waals surface area contributed by atoms with Gasteiger partial charge in [-0.1, -0.05) is 41.6 Å². The summed E-state index contributed by atoms with van der Waals surface area (Å²) >= 11 is 1.36. The highest BCUT2D eigenvalue weighted by Crippen LogP contribution is 2.32. The summed E-state index contributed by atoms with van der Waals surface area (Å²) in [5.74, 6) is -0.0283. The Bertz CT molecular complexity index is 682. The maximum absolute atomic E-state index is 11.9. The van der Waals surface area contributed by atoms with Crippen molar-refractivity contribution in [1.29, 1.82) is 0 Å². The van der Waals surface area contributed by atoms with Gasteiger partial charge in [-0.3, -0.25) is 0 Å². The van der Waals surface area contributed by atoms with Crippen LogP contribution in [0.5, 0.6) is 10.9 Å². The second-order valence-corrected chi connectivity index (χ2v) is 5.20. The molecule has 0 fully saturated rings. The van der Waals surface area contributed by atoms with Crippen molar-refractivity contribution in [3.63, 3.8) is 0 Å². The van der Waals surface area contributed by atoms with E-state index in [1.165, 1.54) is 31.8 Å². The minimum absolute atomic E-state index is 0.265. The van der Waals surface area contributed by atoms with E-state index in [1.807, 2.05) is 13.0 Å². The summed E-state index contributed by atoms with van der Waals surface area (Å²) in [7, 11) is 2.78. The van der Waals surface area contributed by atoms with Crippen molar-refractivity contribution in [2.24, 2.45) is 0 Å². The van der Waals surface area contributed by atoms with Gasteiger partial charge < -0.3 is 14.2 Å². The Labute approximate surface area is 132 Å². The predicted molar refractivity (Wildman–Crippen MR) is 82.8 cm³/mol. The topological polar surface area (TPSA) is 70.5 Å². The molecule has 0 spiro atoms. The Balaban J connectivity index is 2.36. The number of esters is 1. The third-order valence-electron chi connectivity index (χ3n) is 2.77. The summed E-state index contributed by atoms with van der Waals surface area (Å²) in [5, 5.41) is 9.28. The molecule has 0 atom stereocenters. The van der Waals surface area contributed by atoms with Crippen molar-refractivity contribution < 1.29 is 19.0 Å². The Kier molecular flexibility index (Phi) is 5.48. The van der Waals surface area contributed by atoms with E-state index in [0.29, 0.717) is 16.5 Å². The maximum atomic E-state index is 11.9. The van der Waals surface area contributed by atoms with Gasteiger partial charge in [0.2, 0.25) is 0 Å². The zero-order valence-corrected chi connectivity index (χ0v) is 13.3. The van der Waals surface area contributed by atoms with Gasteiger partial charge in [-0.05, 0) is 12.5 Å². The molecule has 0 N–H and O–H groups in total. The van der Waals surface area contributed by atoms with Crippen LogP contribution in [0.4, 0.5) is 0 Å². The molecular weight excluding hydrogens is 304 g/mol. The minimum Gasteiger partial charge on any atom is -0.503 e. The fraction of sp³-hybridized carbons (Fsp3) is 0.267. The van der Waals surface area contributed by atoms with Gasteiger partial charge in [0.15, 0.2) is 0 Å². The number of rotatable bonds is 6. The van der Waals surface area contributed by atoms with Crippen LogP contribution in [0.2, 0.25) is 0 Å². The van der Waals surface area contributed by atoms with E-state index in [4.69, 9.17) is 14.2 Å². The van der Waals surface area contributed by atoms with Gasteiger partial charge in [0, 0.05) is 5.56 Å². The molecule has 0 bridgehead atoms. The lowest BCUT2D eigenvalue weighted by atomic mass is 10.1. The van der Waals surface area contributed by atoms with E-state index in [9.17, 15) is 4.79 Å². The Morgan fingerprint density at radius 2 is 2.05 bits per heavy atom. The summed E-state index contributed by atoms with van der Waals surface area (Å²) in [6, 6.07) is 7.10. The first kappa shape index (κ1) is 16.0. The first-order chi connectivity index (χ1) is 10.7. The smallest absolute Gasteiger partial charge is 0.341 e. The molecular formula is C15H16N2O4S. The van der Waals surface area contributed by atoms with Gasteiger partial charge in [0.1, 0.15) is 16.3 Å². The lowest BCUT2D eigenvalue weighted by Gasteiger charge is -2.10. The van der Waals surface area contributed by atoms with Crippen LogP contribution in [0.25, 0.3) is 5.57 Å². The van der Waals surface area contributed by atoms with E-state index < -0.39 is 5.97 Å².